The number of ether oxygens (including phenoxy) is 1. The topological polar surface area (TPSA) is 54.1 Å². The Kier molecular flexibility index (Phi) is 3.54. The Hall–Kier alpha value is -1.38. The molecule has 86 valence electrons. The van der Waals surface area contributed by atoms with E-state index in [9.17, 15) is 0 Å². The first-order chi connectivity index (χ1) is 7.83. The first kappa shape index (κ1) is 11.1. The van der Waals surface area contributed by atoms with Crippen molar-refractivity contribution < 1.29 is 4.74 Å². The molecule has 0 saturated carbocycles. The molecule has 1 fully saturated rings. The largest absolute Gasteiger partial charge is 0.383 e. The lowest BCUT2D eigenvalue weighted by atomic mass is 10.3. The third-order valence-corrected chi connectivity index (χ3v) is 2.96. The summed E-state index contributed by atoms with van der Waals surface area (Å²) in [4.78, 5) is 2.36. The van der Waals surface area contributed by atoms with Crippen molar-refractivity contribution in [3.05, 3.63) is 18.0 Å². The van der Waals surface area contributed by atoms with Crippen LogP contribution in [-0.4, -0.2) is 48.0 Å². The number of hydrogen-bond acceptors (Lipinski definition) is 4. The van der Waals surface area contributed by atoms with Crippen LogP contribution in [0.4, 0.5) is 0 Å². The van der Waals surface area contributed by atoms with Gasteiger partial charge in [-0.1, -0.05) is 0 Å². The van der Waals surface area contributed by atoms with Gasteiger partial charge in [-0.2, -0.15) is 10.4 Å². The highest BCUT2D eigenvalue weighted by molar-refractivity contribution is 5.22. The molecule has 2 rings (SSSR count). The highest BCUT2D eigenvalue weighted by Crippen LogP contribution is 2.20. The van der Waals surface area contributed by atoms with Gasteiger partial charge in [0.15, 0.2) is 0 Å². The summed E-state index contributed by atoms with van der Waals surface area (Å²) in [5, 5.41) is 13.0. The molecule has 0 aromatic carbocycles. The van der Waals surface area contributed by atoms with Crippen LogP contribution in [0.15, 0.2) is 12.4 Å². The average molecular weight is 220 g/mol. The number of likely N-dealkylation sites (tertiary alicyclic amines) is 1. The SMILES string of the molecule is COCCN1CCC(n2cc(C#N)cn2)C1. The number of nitrogens with zero attached hydrogens (tertiary/aromatic N) is 4. The van der Waals surface area contributed by atoms with Gasteiger partial charge in [-0.15, -0.1) is 0 Å². The fourth-order valence-electron chi connectivity index (χ4n) is 2.05. The highest BCUT2D eigenvalue weighted by atomic mass is 16.5. The second-order valence-corrected chi connectivity index (χ2v) is 4.06. The zero-order valence-electron chi connectivity index (χ0n) is 9.46. The monoisotopic (exact) mass is 220 g/mol. The Morgan fingerprint density at radius 2 is 2.56 bits per heavy atom. The second-order valence-electron chi connectivity index (χ2n) is 4.06. The number of rotatable bonds is 4. The van der Waals surface area contributed by atoms with Crippen molar-refractivity contribution in [2.45, 2.75) is 12.5 Å². The number of methoxy groups -OCH3 is 1. The van der Waals surface area contributed by atoms with Crippen LogP contribution in [0, 0.1) is 11.3 Å². The number of nitriles is 1. The minimum Gasteiger partial charge on any atom is -0.383 e. The number of hydrogen-bond donors (Lipinski definition) is 0. The molecule has 5 nitrogen and oxygen atoms in total. The van der Waals surface area contributed by atoms with Gasteiger partial charge in [-0.05, 0) is 6.42 Å². The molecule has 0 spiro atoms. The Morgan fingerprint density at radius 1 is 1.69 bits per heavy atom. The summed E-state index contributed by atoms with van der Waals surface area (Å²) in [7, 11) is 1.72. The van der Waals surface area contributed by atoms with Crippen LogP contribution in [0.1, 0.15) is 18.0 Å². The minimum atomic E-state index is 0.402. The molecule has 0 aliphatic carbocycles. The standard InChI is InChI=1S/C11H16N4O/c1-16-5-4-14-3-2-11(9-14)15-8-10(6-12)7-13-15/h7-8,11H,2-5,9H2,1H3. The van der Waals surface area contributed by atoms with Gasteiger partial charge in [-0.25, -0.2) is 0 Å². The zero-order valence-corrected chi connectivity index (χ0v) is 9.46. The molecule has 1 unspecified atom stereocenters. The van der Waals surface area contributed by atoms with Crippen LogP contribution >= 0.6 is 0 Å². The third-order valence-electron chi connectivity index (χ3n) is 2.96. The molecule has 1 saturated heterocycles. The first-order valence-electron chi connectivity index (χ1n) is 5.49. The van der Waals surface area contributed by atoms with E-state index in [0.29, 0.717) is 11.6 Å². The summed E-state index contributed by atoms with van der Waals surface area (Å²) in [6.45, 7) is 3.82. The summed E-state index contributed by atoms with van der Waals surface area (Å²) in [5.41, 5.74) is 0.635. The summed E-state index contributed by atoms with van der Waals surface area (Å²) >= 11 is 0. The van der Waals surface area contributed by atoms with E-state index in [1.807, 2.05) is 10.9 Å². The normalized spacial score (nSPS) is 21.1. The highest BCUT2D eigenvalue weighted by Gasteiger charge is 2.23. The molecule has 5 heteroatoms. The van der Waals surface area contributed by atoms with E-state index in [1.54, 1.807) is 13.3 Å². The molecule has 1 aliphatic rings. The Balaban J connectivity index is 1.91. The van der Waals surface area contributed by atoms with Gasteiger partial charge in [0, 0.05) is 32.9 Å². The van der Waals surface area contributed by atoms with E-state index in [4.69, 9.17) is 10.00 Å². The summed E-state index contributed by atoms with van der Waals surface area (Å²) in [6.07, 6.45) is 4.54. The van der Waals surface area contributed by atoms with Gasteiger partial charge in [0.2, 0.25) is 0 Å². The van der Waals surface area contributed by atoms with Crippen LogP contribution in [0.3, 0.4) is 0 Å². The minimum absolute atomic E-state index is 0.402. The lowest BCUT2D eigenvalue weighted by molar-refractivity contribution is 0.158. The van der Waals surface area contributed by atoms with Gasteiger partial charge in [-0.3, -0.25) is 9.58 Å². The molecular weight excluding hydrogens is 204 g/mol. The molecular formula is C11H16N4O. The molecule has 1 aliphatic heterocycles. The maximum Gasteiger partial charge on any atom is 0.102 e. The lowest BCUT2D eigenvalue weighted by Gasteiger charge is -2.15. The molecule has 1 aromatic rings. The molecule has 1 atom stereocenters. The van der Waals surface area contributed by atoms with Gasteiger partial charge < -0.3 is 4.74 Å². The average Bonchev–Trinajstić information content (AvgIpc) is 2.94. The maximum absolute atomic E-state index is 8.73. The van der Waals surface area contributed by atoms with E-state index >= 15 is 0 Å². The van der Waals surface area contributed by atoms with Crippen molar-refractivity contribution >= 4 is 0 Å². The summed E-state index contributed by atoms with van der Waals surface area (Å²) in [6, 6.07) is 2.50. The van der Waals surface area contributed by atoms with Gasteiger partial charge in [0.1, 0.15) is 6.07 Å². The van der Waals surface area contributed by atoms with Crippen molar-refractivity contribution in [2.75, 3.05) is 33.4 Å². The molecule has 1 aromatic heterocycles. The van der Waals surface area contributed by atoms with E-state index in [0.717, 1.165) is 32.7 Å². The van der Waals surface area contributed by atoms with Crippen molar-refractivity contribution in [3.8, 4) is 6.07 Å². The van der Waals surface area contributed by atoms with Gasteiger partial charge in [0.05, 0.1) is 24.4 Å². The number of aromatic nitrogens is 2. The predicted octanol–water partition coefficient (Wildman–Crippen LogP) is 0.648. The fourth-order valence-corrected chi connectivity index (χ4v) is 2.05. The van der Waals surface area contributed by atoms with Crippen molar-refractivity contribution in [1.29, 1.82) is 5.26 Å². The van der Waals surface area contributed by atoms with Gasteiger partial charge >= 0.3 is 0 Å². The van der Waals surface area contributed by atoms with Crippen molar-refractivity contribution in [2.24, 2.45) is 0 Å². The second kappa shape index (κ2) is 5.10. The molecule has 0 amide bonds. The maximum atomic E-state index is 8.73. The van der Waals surface area contributed by atoms with Crippen LogP contribution in [0.2, 0.25) is 0 Å². The van der Waals surface area contributed by atoms with Crippen LogP contribution < -0.4 is 0 Å². The van der Waals surface area contributed by atoms with E-state index in [2.05, 4.69) is 16.1 Å². The molecule has 16 heavy (non-hydrogen) atoms. The van der Waals surface area contributed by atoms with Crippen molar-refractivity contribution in [3.63, 3.8) is 0 Å². The Morgan fingerprint density at radius 3 is 3.25 bits per heavy atom. The fraction of sp³-hybridized carbons (Fsp3) is 0.636. The summed E-state index contributed by atoms with van der Waals surface area (Å²) < 4.78 is 6.97. The molecule has 0 bridgehead atoms. The van der Waals surface area contributed by atoms with Crippen LogP contribution in [0.5, 0.6) is 0 Å². The Labute approximate surface area is 95.2 Å². The van der Waals surface area contributed by atoms with E-state index < -0.39 is 0 Å². The summed E-state index contributed by atoms with van der Waals surface area (Å²) in [5.74, 6) is 0. The zero-order chi connectivity index (χ0) is 11.4. The van der Waals surface area contributed by atoms with Gasteiger partial charge in [0.25, 0.3) is 0 Å². The predicted molar refractivity (Wildman–Crippen MR) is 58.9 cm³/mol. The van der Waals surface area contributed by atoms with E-state index in [-0.39, 0.29) is 0 Å². The smallest absolute Gasteiger partial charge is 0.102 e. The first-order valence-corrected chi connectivity index (χ1v) is 5.49. The van der Waals surface area contributed by atoms with Crippen LogP contribution in [-0.2, 0) is 4.74 Å². The molecule has 2 heterocycles. The molecule has 0 N–H and O–H groups in total. The third kappa shape index (κ3) is 2.40. The quantitative estimate of drug-likeness (QED) is 0.747. The lowest BCUT2D eigenvalue weighted by Crippen LogP contribution is -2.25. The Bertz CT molecular complexity index is 382. The molecule has 0 radical (unpaired) electrons. The van der Waals surface area contributed by atoms with E-state index in [1.165, 1.54) is 0 Å². The van der Waals surface area contributed by atoms with Crippen molar-refractivity contribution in [1.82, 2.24) is 14.7 Å². The van der Waals surface area contributed by atoms with Crippen LogP contribution in [0.25, 0.3) is 0 Å².